The summed E-state index contributed by atoms with van der Waals surface area (Å²) in [6, 6.07) is 7.76. The molecule has 1 amide bonds. The second-order valence-corrected chi connectivity index (χ2v) is 6.92. The molecule has 138 valence electrons. The number of rotatable bonds is 5. The fraction of sp³-hybridized carbons (Fsp3) is 0.389. The Balaban J connectivity index is 2.01. The summed E-state index contributed by atoms with van der Waals surface area (Å²) in [6.45, 7) is 3.90. The third kappa shape index (κ3) is 3.70. The number of fused-ring (bicyclic) bond motifs is 1. The van der Waals surface area contributed by atoms with Crippen molar-refractivity contribution < 1.29 is 19.1 Å². The van der Waals surface area contributed by atoms with Crippen molar-refractivity contribution in [3.8, 4) is 5.75 Å². The first-order valence-electron chi connectivity index (χ1n) is 8.31. The smallest absolute Gasteiger partial charge is 0.327 e. The summed E-state index contributed by atoms with van der Waals surface area (Å²) in [5, 5.41) is 7.29. The first-order valence-corrected chi connectivity index (χ1v) is 9.36. The molecule has 3 rings (SSSR count). The molecule has 7 nitrogen and oxygen atoms in total. The van der Waals surface area contributed by atoms with Crippen molar-refractivity contribution in [1.29, 1.82) is 0 Å². The van der Waals surface area contributed by atoms with E-state index in [9.17, 15) is 9.59 Å². The average molecular weight is 375 g/mol. The Labute approximate surface area is 156 Å². The summed E-state index contributed by atoms with van der Waals surface area (Å²) in [5.41, 5.74) is 2.74. The molecule has 1 aromatic heterocycles. The van der Waals surface area contributed by atoms with Crippen LogP contribution in [0.5, 0.6) is 5.75 Å². The maximum absolute atomic E-state index is 12.2. The lowest BCUT2D eigenvalue weighted by Crippen LogP contribution is -2.20. The molecule has 0 radical (unpaired) electrons. The fourth-order valence-corrected chi connectivity index (χ4v) is 4.13. The SMILES string of the molecule is CCOC(=O)Cn1nc(C)c2c1NC(=O)CSC2c1ccc(OC)cc1. The highest BCUT2D eigenvalue weighted by molar-refractivity contribution is 8.00. The number of benzene rings is 1. The zero-order chi connectivity index (χ0) is 18.7. The predicted molar refractivity (Wildman–Crippen MR) is 99.5 cm³/mol. The second kappa shape index (κ2) is 7.82. The topological polar surface area (TPSA) is 82.5 Å². The summed E-state index contributed by atoms with van der Waals surface area (Å²) in [7, 11) is 1.62. The predicted octanol–water partition coefficient (Wildman–Crippen LogP) is 2.54. The largest absolute Gasteiger partial charge is 0.497 e. The summed E-state index contributed by atoms with van der Waals surface area (Å²) >= 11 is 1.54. The van der Waals surface area contributed by atoms with Crippen molar-refractivity contribution >= 4 is 29.5 Å². The van der Waals surface area contributed by atoms with Crippen molar-refractivity contribution in [3.63, 3.8) is 0 Å². The molecule has 0 aliphatic carbocycles. The highest BCUT2D eigenvalue weighted by Crippen LogP contribution is 2.43. The monoisotopic (exact) mass is 375 g/mol. The van der Waals surface area contributed by atoms with Crippen molar-refractivity contribution in [1.82, 2.24) is 9.78 Å². The lowest BCUT2D eigenvalue weighted by atomic mass is 10.0. The molecule has 2 aromatic rings. The highest BCUT2D eigenvalue weighted by Gasteiger charge is 2.30. The van der Waals surface area contributed by atoms with Crippen LogP contribution in [0.4, 0.5) is 5.82 Å². The van der Waals surface area contributed by atoms with Crippen LogP contribution < -0.4 is 10.1 Å². The van der Waals surface area contributed by atoms with Gasteiger partial charge in [0, 0.05) is 5.56 Å². The van der Waals surface area contributed by atoms with Gasteiger partial charge in [0.1, 0.15) is 18.1 Å². The van der Waals surface area contributed by atoms with Gasteiger partial charge >= 0.3 is 5.97 Å². The molecule has 0 spiro atoms. The van der Waals surface area contributed by atoms with Gasteiger partial charge in [-0.1, -0.05) is 12.1 Å². The number of amides is 1. The molecule has 1 aliphatic heterocycles. The molecule has 1 unspecified atom stereocenters. The van der Waals surface area contributed by atoms with Crippen LogP contribution in [0.15, 0.2) is 24.3 Å². The van der Waals surface area contributed by atoms with E-state index < -0.39 is 0 Å². The van der Waals surface area contributed by atoms with Crippen molar-refractivity contribution in [3.05, 3.63) is 41.1 Å². The Hall–Kier alpha value is -2.48. The molecular weight excluding hydrogens is 354 g/mol. The average Bonchev–Trinajstić information content (AvgIpc) is 2.80. The molecule has 26 heavy (non-hydrogen) atoms. The number of hydrogen-bond donors (Lipinski definition) is 1. The fourth-order valence-electron chi connectivity index (χ4n) is 2.94. The van der Waals surface area contributed by atoms with E-state index in [0.29, 0.717) is 18.2 Å². The normalized spacial score (nSPS) is 16.4. The summed E-state index contributed by atoms with van der Waals surface area (Å²) < 4.78 is 11.7. The molecule has 1 atom stereocenters. The van der Waals surface area contributed by atoms with Crippen LogP contribution in [0, 0.1) is 6.92 Å². The first kappa shape index (κ1) is 18.3. The van der Waals surface area contributed by atoms with Gasteiger partial charge in [-0.2, -0.15) is 5.10 Å². The van der Waals surface area contributed by atoms with E-state index in [1.54, 1.807) is 14.0 Å². The number of methoxy groups -OCH3 is 1. The molecule has 0 saturated carbocycles. The number of nitrogens with one attached hydrogen (secondary N) is 1. The van der Waals surface area contributed by atoms with Gasteiger partial charge in [0.2, 0.25) is 5.91 Å². The van der Waals surface area contributed by atoms with E-state index in [1.807, 2.05) is 31.2 Å². The van der Waals surface area contributed by atoms with E-state index in [1.165, 1.54) is 16.4 Å². The molecule has 1 N–H and O–H groups in total. The van der Waals surface area contributed by atoms with E-state index in [-0.39, 0.29) is 23.7 Å². The van der Waals surface area contributed by atoms with Crippen molar-refractivity contribution in [2.75, 3.05) is 24.8 Å². The van der Waals surface area contributed by atoms with Crippen LogP contribution in [0.1, 0.15) is 29.0 Å². The third-order valence-electron chi connectivity index (χ3n) is 4.08. The standard InChI is InChI=1S/C18H21N3O4S/c1-4-25-15(23)9-21-18-16(11(2)20-21)17(26-10-14(22)19-18)12-5-7-13(24-3)8-6-12/h5-8,17H,4,9-10H2,1-3H3,(H,19,22). The van der Waals surface area contributed by atoms with Gasteiger partial charge in [-0.3, -0.25) is 9.59 Å². The maximum Gasteiger partial charge on any atom is 0.327 e. The van der Waals surface area contributed by atoms with Gasteiger partial charge in [-0.15, -0.1) is 11.8 Å². The van der Waals surface area contributed by atoms with Gasteiger partial charge in [-0.05, 0) is 31.5 Å². The minimum absolute atomic E-state index is 0.0374. The summed E-state index contributed by atoms with van der Waals surface area (Å²) in [5.74, 6) is 1.16. The molecule has 0 fully saturated rings. The number of esters is 1. The quantitative estimate of drug-likeness (QED) is 0.809. The van der Waals surface area contributed by atoms with Gasteiger partial charge in [0.05, 0.1) is 30.4 Å². The molecule has 8 heteroatoms. The van der Waals surface area contributed by atoms with Crippen LogP contribution in [0.2, 0.25) is 0 Å². The number of ether oxygens (including phenoxy) is 2. The Morgan fingerprint density at radius 1 is 1.38 bits per heavy atom. The molecule has 1 aromatic carbocycles. The van der Waals surface area contributed by atoms with Crippen molar-refractivity contribution in [2.45, 2.75) is 25.6 Å². The van der Waals surface area contributed by atoms with Crippen LogP contribution >= 0.6 is 11.8 Å². The van der Waals surface area contributed by atoms with E-state index in [4.69, 9.17) is 9.47 Å². The third-order valence-corrected chi connectivity index (χ3v) is 5.35. The number of hydrogen-bond acceptors (Lipinski definition) is 6. The number of carbonyl (C=O) groups excluding carboxylic acids is 2. The zero-order valence-electron chi connectivity index (χ0n) is 14.9. The van der Waals surface area contributed by atoms with Gasteiger partial charge in [0.25, 0.3) is 0 Å². The zero-order valence-corrected chi connectivity index (χ0v) is 15.8. The number of aromatic nitrogens is 2. The second-order valence-electron chi connectivity index (χ2n) is 5.82. The maximum atomic E-state index is 12.2. The first-order chi connectivity index (χ1) is 12.5. The minimum atomic E-state index is -0.384. The number of nitrogens with zero attached hydrogens (tertiary/aromatic N) is 2. The Bertz CT molecular complexity index is 817. The molecular formula is C18H21N3O4S. The highest BCUT2D eigenvalue weighted by atomic mass is 32.2. The lowest BCUT2D eigenvalue weighted by molar-refractivity contribution is -0.144. The van der Waals surface area contributed by atoms with Crippen LogP contribution in [-0.4, -0.2) is 41.1 Å². The molecule has 2 heterocycles. The van der Waals surface area contributed by atoms with E-state index >= 15 is 0 Å². The molecule has 1 aliphatic rings. The van der Waals surface area contributed by atoms with Crippen LogP contribution in [0.25, 0.3) is 0 Å². The minimum Gasteiger partial charge on any atom is -0.497 e. The summed E-state index contributed by atoms with van der Waals surface area (Å²) in [4.78, 5) is 24.1. The Kier molecular flexibility index (Phi) is 5.51. The molecule has 0 bridgehead atoms. The molecule has 0 saturated heterocycles. The van der Waals surface area contributed by atoms with Gasteiger partial charge in [0.15, 0.2) is 0 Å². The Morgan fingerprint density at radius 2 is 2.12 bits per heavy atom. The van der Waals surface area contributed by atoms with Crippen molar-refractivity contribution in [2.24, 2.45) is 0 Å². The summed E-state index contributed by atoms with van der Waals surface area (Å²) in [6.07, 6.45) is 0. The number of carbonyl (C=O) groups is 2. The number of anilines is 1. The van der Waals surface area contributed by atoms with E-state index in [0.717, 1.165) is 22.6 Å². The lowest BCUT2D eigenvalue weighted by Gasteiger charge is -2.15. The number of thioether (sulfide) groups is 1. The van der Waals surface area contributed by atoms with Crippen LogP contribution in [-0.2, 0) is 20.9 Å². The van der Waals surface area contributed by atoms with Gasteiger partial charge in [-0.25, -0.2) is 4.68 Å². The number of aryl methyl sites for hydroxylation is 1. The Morgan fingerprint density at radius 3 is 2.77 bits per heavy atom. The van der Waals surface area contributed by atoms with Gasteiger partial charge < -0.3 is 14.8 Å². The van der Waals surface area contributed by atoms with Crippen LogP contribution in [0.3, 0.4) is 0 Å². The van der Waals surface area contributed by atoms with E-state index in [2.05, 4.69) is 10.4 Å².